The standard InChI is InChI=1S/C15H31N3O/c1-7-16-11(2)8-13(19)17-12-9-14(3,4)18-15(5,6)10-12/h11-12,16,18H,7-10H2,1-6H3,(H,17,19). The number of carbonyl (C=O) groups is 1. The normalized spacial score (nSPS) is 23.9. The van der Waals surface area contributed by atoms with E-state index < -0.39 is 0 Å². The van der Waals surface area contributed by atoms with Gasteiger partial charge in [0, 0.05) is 29.6 Å². The monoisotopic (exact) mass is 269 g/mol. The fourth-order valence-corrected chi connectivity index (χ4v) is 3.41. The van der Waals surface area contributed by atoms with Crippen LogP contribution in [-0.4, -0.2) is 35.6 Å². The van der Waals surface area contributed by atoms with Gasteiger partial charge in [-0.1, -0.05) is 6.92 Å². The predicted molar refractivity (Wildman–Crippen MR) is 80.2 cm³/mol. The maximum absolute atomic E-state index is 12.0. The molecule has 0 radical (unpaired) electrons. The molecule has 0 spiro atoms. The molecule has 0 bridgehead atoms. The van der Waals surface area contributed by atoms with Gasteiger partial charge in [0.2, 0.25) is 5.91 Å². The molecule has 4 nitrogen and oxygen atoms in total. The summed E-state index contributed by atoms with van der Waals surface area (Å²) in [6.45, 7) is 13.8. The van der Waals surface area contributed by atoms with Gasteiger partial charge < -0.3 is 16.0 Å². The van der Waals surface area contributed by atoms with Crippen molar-refractivity contribution in [1.29, 1.82) is 0 Å². The van der Waals surface area contributed by atoms with E-state index in [1.807, 2.05) is 0 Å². The number of hydrogen-bond acceptors (Lipinski definition) is 3. The largest absolute Gasteiger partial charge is 0.353 e. The van der Waals surface area contributed by atoms with Crippen molar-refractivity contribution < 1.29 is 4.79 Å². The average molecular weight is 269 g/mol. The van der Waals surface area contributed by atoms with Crippen molar-refractivity contribution >= 4 is 5.91 Å². The molecule has 1 saturated heterocycles. The summed E-state index contributed by atoms with van der Waals surface area (Å²) in [6.07, 6.45) is 2.52. The van der Waals surface area contributed by atoms with Crippen LogP contribution < -0.4 is 16.0 Å². The Morgan fingerprint density at radius 3 is 2.26 bits per heavy atom. The van der Waals surface area contributed by atoms with Crippen molar-refractivity contribution in [3.63, 3.8) is 0 Å². The molecule has 1 heterocycles. The first kappa shape index (κ1) is 16.4. The summed E-state index contributed by atoms with van der Waals surface area (Å²) in [7, 11) is 0. The Morgan fingerprint density at radius 1 is 1.26 bits per heavy atom. The predicted octanol–water partition coefficient (Wildman–Crippen LogP) is 1.80. The zero-order valence-electron chi connectivity index (χ0n) is 13.4. The Hall–Kier alpha value is -0.610. The molecule has 112 valence electrons. The van der Waals surface area contributed by atoms with Crippen molar-refractivity contribution in [3.05, 3.63) is 0 Å². The molecule has 19 heavy (non-hydrogen) atoms. The third kappa shape index (κ3) is 5.91. The maximum Gasteiger partial charge on any atom is 0.221 e. The summed E-state index contributed by atoms with van der Waals surface area (Å²) < 4.78 is 0. The molecule has 1 aliphatic rings. The number of rotatable bonds is 5. The second-order valence-corrected chi connectivity index (χ2v) is 7.23. The molecule has 1 rings (SSSR count). The van der Waals surface area contributed by atoms with Crippen LogP contribution >= 0.6 is 0 Å². The Balaban J connectivity index is 2.49. The molecule has 0 saturated carbocycles. The minimum atomic E-state index is 0.0764. The summed E-state index contributed by atoms with van der Waals surface area (Å²) in [5, 5.41) is 10.1. The van der Waals surface area contributed by atoms with Crippen LogP contribution in [0.15, 0.2) is 0 Å². The Labute approximate surface area is 118 Å². The highest BCUT2D eigenvalue weighted by atomic mass is 16.1. The summed E-state index contributed by atoms with van der Waals surface area (Å²) >= 11 is 0. The van der Waals surface area contributed by atoms with Gasteiger partial charge in [0.05, 0.1) is 0 Å². The molecule has 0 aliphatic carbocycles. The molecule has 1 unspecified atom stereocenters. The first-order valence-corrected chi connectivity index (χ1v) is 7.45. The summed E-state index contributed by atoms with van der Waals surface area (Å²) in [5.41, 5.74) is 0.153. The van der Waals surface area contributed by atoms with E-state index in [-0.39, 0.29) is 29.1 Å². The lowest BCUT2D eigenvalue weighted by atomic mass is 9.79. The fourth-order valence-electron chi connectivity index (χ4n) is 3.41. The molecular weight excluding hydrogens is 238 g/mol. The average Bonchev–Trinajstić information content (AvgIpc) is 2.10. The molecule has 3 N–H and O–H groups in total. The molecule has 1 atom stereocenters. The van der Waals surface area contributed by atoms with E-state index in [0.717, 1.165) is 19.4 Å². The van der Waals surface area contributed by atoms with Crippen molar-refractivity contribution in [1.82, 2.24) is 16.0 Å². The number of amides is 1. The van der Waals surface area contributed by atoms with Crippen LogP contribution in [0.4, 0.5) is 0 Å². The van der Waals surface area contributed by atoms with Gasteiger partial charge >= 0.3 is 0 Å². The van der Waals surface area contributed by atoms with Gasteiger partial charge in [-0.05, 0) is 54.0 Å². The highest BCUT2D eigenvalue weighted by Gasteiger charge is 2.38. The number of hydrogen-bond donors (Lipinski definition) is 3. The summed E-state index contributed by atoms with van der Waals surface area (Å²) in [4.78, 5) is 12.0. The van der Waals surface area contributed by atoms with Gasteiger partial charge in [-0.3, -0.25) is 4.79 Å². The van der Waals surface area contributed by atoms with Crippen LogP contribution in [0.3, 0.4) is 0 Å². The Bertz CT molecular complexity index is 297. The van der Waals surface area contributed by atoms with Crippen LogP contribution in [-0.2, 0) is 4.79 Å². The van der Waals surface area contributed by atoms with Gasteiger partial charge in [-0.15, -0.1) is 0 Å². The highest BCUT2D eigenvalue weighted by Crippen LogP contribution is 2.28. The first-order valence-electron chi connectivity index (χ1n) is 7.45. The third-order valence-electron chi connectivity index (χ3n) is 3.60. The first-order chi connectivity index (χ1) is 8.63. The minimum Gasteiger partial charge on any atom is -0.353 e. The summed E-state index contributed by atoms with van der Waals surface area (Å²) in [5.74, 6) is 0.159. The van der Waals surface area contributed by atoms with E-state index in [9.17, 15) is 4.79 Å². The van der Waals surface area contributed by atoms with E-state index in [2.05, 4.69) is 57.5 Å². The van der Waals surface area contributed by atoms with Crippen molar-refractivity contribution in [3.8, 4) is 0 Å². The smallest absolute Gasteiger partial charge is 0.221 e. The molecular formula is C15H31N3O. The van der Waals surface area contributed by atoms with Gasteiger partial charge in [0.25, 0.3) is 0 Å². The fraction of sp³-hybridized carbons (Fsp3) is 0.933. The maximum atomic E-state index is 12.0. The SMILES string of the molecule is CCNC(C)CC(=O)NC1CC(C)(C)NC(C)(C)C1. The molecule has 0 aromatic carbocycles. The highest BCUT2D eigenvalue weighted by molar-refractivity contribution is 5.76. The Morgan fingerprint density at radius 2 is 1.79 bits per heavy atom. The molecule has 1 amide bonds. The second-order valence-electron chi connectivity index (χ2n) is 7.23. The lowest BCUT2D eigenvalue weighted by Gasteiger charge is -2.46. The van der Waals surface area contributed by atoms with Crippen LogP contribution in [0, 0.1) is 0 Å². The van der Waals surface area contributed by atoms with E-state index in [4.69, 9.17) is 0 Å². The lowest BCUT2D eigenvalue weighted by molar-refractivity contribution is -0.122. The van der Waals surface area contributed by atoms with E-state index >= 15 is 0 Å². The van der Waals surface area contributed by atoms with Crippen LogP contribution in [0.1, 0.15) is 60.8 Å². The zero-order valence-corrected chi connectivity index (χ0v) is 13.4. The van der Waals surface area contributed by atoms with E-state index in [0.29, 0.717) is 6.42 Å². The zero-order chi connectivity index (χ0) is 14.7. The third-order valence-corrected chi connectivity index (χ3v) is 3.60. The molecule has 4 heteroatoms. The lowest BCUT2D eigenvalue weighted by Crippen LogP contribution is -2.62. The van der Waals surface area contributed by atoms with Crippen LogP contribution in [0.5, 0.6) is 0 Å². The Kier molecular flexibility index (Phi) is 5.39. The van der Waals surface area contributed by atoms with Crippen molar-refractivity contribution in [2.24, 2.45) is 0 Å². The van der Waals surface area contributed by atoms with Crippen LogP contribution in [0.25, 0.3) is 0 Å². The topological polar surface area (TPSA) is 53.2 Å². The van der Waals surface area contributed by atoms with Gasteiger partial charge in [-0.2, -0.15) is 0 Å². The minimum absolute atomic E-state index is 0.0764. The van der Waals surface area contributed by atoms with Gasteiger partial charge in [-0.25, -0.2) is 0 Å². The summed E-state index contributed by atoms with van der Waals surface area (Å²) in [6, 6.07) is 0.514. The number of nitrogens with one attached hydrogen (secondary N) is 3. The molecule has 1 aliphatic heterocycles. The van der Waals surface area contributed by atoms with Gasteiger partial charge in [0.15, 0.2) is 0 Å². The number of carbonyl (C=O) groups excluding carboxylic acids is 1. The van der Waals surface area contributed by atoms with E-state index in [1.165, 1.54) is 0 Å². The molecule has 1 fully saturated rings. The second kappa shape index (κ2) is 6.23. The quantitative estimate of drug-likeness (QED) is 0.713. The van der Waals surface area contributed by atoms with Crippen molar-refractivity contribution in [2.45, 2.75) is 84.0 Å². The molecule has 0 aromatic heterocycles. The number of piperidine rings is 1. The van der Waals surface area contributed by atoms with Gasteiger partial charge in [0.1, 0.15) is 0 Å². The van der Waals surface area contributed by atoms with Crippen LogP contribution in [0.2, 0.25) is 0 Å². The molecule has 0 aromatic rings. The van der Waals surface area contributed by atoms with E-state index in [1.54, 1.807) is 0 Å². The van der Waals surface area contributed by atoms with Crippen molar-refractivity contribution in [2.75, 3.05) is 6.54 Å².